The molecule has 2 unspecified atom stereocenters. The fraction of sp³-hybridized carbons (Fsp3) is 1.00. The van der Waals surface area contributed by atoms with Gasteiger partial charge in [0.05, 0.1) is 6.10 Å². The lowest BCUT2D eigenvalue weighted by Gasteiger charge is -2.19. The first-order chi connectivity index (χ1) is 5.69. The van der Waals surface area contributed by atoms with Crippen molar-refractivity contribution in [3.63, 3.8) is 0 Å². The average Bonchev–Trinajstić information content (AvgIpc) is 2.46. The number of nitrogens with zero attached hydrogens (tertiary/aromatic N) is 1. The fourth-order valence-corrected chi connectivity index (χ4v) is 1.95. The zero-order valence-corrected chi connectivity index (χ0v) is 8.71. The third kappa shape index (κ3) is 1.99. The SMILES string of the molecule is CCC1CN(C(C)C)CC1OC. The van der Waals surface area contributed by atoms with Crippen molar-refractivity contribution in [2.75, 3.05) is 20.2 Å². The maximum Gasteiger partial charge on any atom is 0.0738 e. The largest absolute Gasteiger partial charge is 0.380 e. The summed E-state index contributed by atoms with van der Waals surface area (Å²) in [5.41, 5.74) is 0. The molecule has 1 aliphatic heterocycles. The van der Waals surface area contributed by atoms with E-state index in [1.807, 2.05) is 7.11 Å². The van der Waals surface area contributed by atoms with E-state index in [2.05, 4.69) is 25.7 Å². The first kappa shape index (κ1) is 10.0. The summed E-state index contributed by atoms with van der Waals surface area (Å²) in [6.45, 7) is 9.09. The molecule has 2 heteroatoms. The van der Waals surface area contributed by atoms with E-state index in [1.165, 1.54) is 13.0 Å². The first-order valence-corrected chi connectivity index (χ1v) is 4.95. The second-order valence-corrected chi connectivity index (χ2v) is 3.99. The number of likely N-dealkylation sites (tertiary alicyclic amines) is 1. The highest BCUT2D eigenvalue weighted by molar-refractivity contribution is 4.85. The molecule has 1 aliphatic rings. The van der Waals surface area contributed by atoms with Crippen molar-refractivity contribution in [3.8, 4) is 0 Å². The Bertz CT molecular complexity index is 124. The van der Waals surface area contributed by atoms with Crippen molar-refractivity contribution < 1.29 is 4.74 Å². The van der Waals surface area contributed by atoms with Crippen LogP contribution < -0.4 is 0 Å². The Hall–Kier alpha value is -0.0800. The summed E-state index contributed by atoms with van der Waals surface area (Å²) in [4.78, 5) is 2.50. The van der Waals surface area contributed by atoms with E-state index < -0.39 is 0 Å². The Morgan fingerprint density at radius 2 is 2.08 bits per heavy atom. The summed E-state index contributed by atoms with van der Waals surface area (Å²) in [6.07, 6.45) is 1.71. The molecule has 72 valence electrons. The molecule has 1 fully saturated rings. The van der Waals surface area contributed by atoms with E-state index in [0.29, 0.717) is 12.1 Å². The molecular formula is C10H21NO. The van der Waals surface area contributed by atoms with Gasteiger partial charge in [-0.2, -0.15) is 0 Å². The lowest BCUT2D eigenvalue weighted by Crippen LogP contribution is -2.29. The lowest BCUT2D eigenvalue weighted by molar-refractivity contribution is 0.0758. The third-order valence-corrected chi connectivity index (χ3v) is 2.97. The summed E-state index contributed by atoms with van der Waals surface area (Å²) >= 11 is 0. The van der Waals surface area contributed by atoms with Gasteiger partial charge in [-0.05, 0) is 26.2 Å². The van der Waals surface area contributed by atoms with Crippen LogP contribution in [0.2, 0.25) is 0 Å². The monoisotopic (exact) mass is 171 g/mol. The molecule has 0 aromatic heterocycles. The van der Waals surface area contributed by atoms with Crippen LogP contribution in [0.1, 0.15) is 27.2 Å². The molecule has 0 aromatic carbocycles. The molecule has 1 saturated heterocycles. The topological polar surface area (TPSA) is 12.5 Å². The van der Waals surface area contributed by atoms with Crippen LogP contribution in [0.15, 0.2) is 0 Å². The van der Waals surface area contributed by atoms with Crippen LogP contribution in [0.25, 0.3) is 0 Å². The van der Waals surface area contributed by atoms with Crippen LogP contribution in [0.3, 0.4) is 0 Å². The molecule has 0 N–H and O–H groups in total. The molecule has 12 heavy (non-hydrogen) atoms. The van der Waals surface area contributed by atoms with Crippen molar-refractivity contribution in [2.45, 2.75) is 39.3 Å². The number of hydrogen-bond donors (Lipinski definition) is 0. The van der Waals surface area contributed by atoms with E-state index in [0.717, 1.165) is 12.5 Å². The Morgan fingerprint density at radius 3 is 2.42 bits per heavy atom. The molecule has 2 atom stereocenters. The number of methoxy groups -OCH3 is 1. The predicted molar refractivity (Wildman–Crippen MR) is 51.3 cm³/mol. The van der Waals surface area contributed by atoms with Crippen molar-refractivity contribution in [3.05, 3.63) is 0 Å². The van der Waals surface area contributed by atoms with Crippen LogP contribution in [0.4, 0.5) is 0 Å². The molecule has 1 rings (SSSR count). The summed E-state index contributed by atoms with van der Waals surface area (Å²) in [6, 6.07) is 0.666. The van der Waals surface area contributed by atoms with Crippen LogP contribution in [0, 0.1) is 5.92 Å². The molecule has 0 amide bonds. The van der Waals surface area contributed by atoms with Gasteiger partial charge in [0.2, 0.25) is 0 Å². The van der Waals surface area contributed by atoms with Crippen LogP contribution in [-0.4, -0.2) is 37.2 Å². The molecule has 0 aliphatic carbocycles. The summed E-state index contributed by atoms with van der Waals surface area (Å²) in [5, 5.41) is 0. The van der Waals surface area contributed by atoms with Crippen molar-refractivity contribution in [2.24, 2.45) is 5.92 Å². The van der Waals surface area contributed by atoms with Crippen LogP contribution >= 0.6 is 0 Å². The highest BCUT2D eigenvalue weighted by Gasteiger charge is 2.32. The van der Waals surface area contributed by atoms with Gasteiger partial charge in [0.25, 0.3) is 0 Å². The summed E-state index contributed by atoms with van der Waals surface area (Å²) in [5.74, 6) is 0.748. The standard InChI is InChI=1S/C10H21NO/c1-5-9-6-11(8(2)3)7-10(9)12-4/h8-10H,5-7H2,1-4H3. The van der Waals surface area contributed by atoms with Gasteiger partial charge in [-0.3, -0.25) is 4.90 Å². The average molecular weight is 171 g/mol. The van der Waals surface area contributed by atoms with Crippen molar-refractivity contribution in [1.29, 1.82) is 0 Å². The number of rotatable bonds is 3. The van der Waals surface area contributed by atoms with E-state index in [1.54, 1.807) is 0 Å². The van der Waals surface area contributed by atoms with Gasteiger partial charge in [0, 0.05) is 26.2 Å². The smallest absolute Gasteiger partial charge is 0.0738 e. The maximum atomic E-state index is 5.45. The van der Waals surface area contributed by atoms with Gasteiger partial charge in [0.1, 0.15) is 0 Å². The van der Waals surface area contributed by atoms with Crippen LogP contribution in [-0.2, 0) is 4.74 Å². The second-order valence-electron chi connectivity index (χ2n) is 3.99. The number of hydrogen-bond acceptors (Lipinski definition) is 2. The fourth-order valence-electron chi connectivity index (χ4n) is 1.95. The number of ether oxygens (including phenoxy) is 1. The first-order valence-electron chi connectivity index (χ1n) is 4.95. The van der Waals surface area contributed by atoms with E-state index in [-0.39, 0.29) is 0 Å². The Balaban J connectivity index is 2.47. The van der Waals surface area contributed by atoms with Gasteiger partial charge in [0.15, 0.2) is 0 Å². The van der Waals surface area contributed by atoms with Crippen LogP contribution in [0.5, 0.6) is 0 Å². The maximum absolute atomic E-state index is 5.45. The Morgan fingerprint density at radius 1 is 1.42 bits per heavy atom. The quantitative estimate of drug-likeness (QED) is 0.641. The summed E-state index contributed by atoms with van der Waals surface area (Å²) < 4.78 is 5.45. The molecule has 0 saturated carbocycles. The van der Waals surface area contributed by atoms with Gasteiger partial charge in [-0.25, -0.2) is 0 Å². The van der Waals surface area contributed by atoms with E-state index in [9.17, 15) is 0 Å². The zero-order chi connectivity index (χ0) is 9.14. The van der Waals surface area contributed by atoms with Gasteiger partial charge in [-0.15, -0.1) is 0 Å². The molecule has 1 heterocycles. The molecule has 0 aromatic rings. The predicted octanol–water partition coefficient (Wildman–Crippen LogP) is 1.75. The highest BCUT2D eigenvalue weighted by Crippen LogP contribution is 2.23. The van der Waals surface area contributed by atoms with Gasteiger partial charge >= 0.3 is 0 Å². The minimum Gasteiger partial charge on any atom is -0.380 e. The summed E-state index contributed by atoms with van der Waals surface area (Å²) in [7, 11) is 1.83. The van der Waals surface area contributed by atoms with Gasteiger partial charge < -0.3 is 4.74 Å². The Kier molecular flexibility index (Phi) is 3.53. The van der Waals surface area contributed by atoms with E-state index >= 15 is 0 Å². The minimum atomic E-state index is 0.470. The molecular weight excluding hydrogens is 150 g/mol. The van der Waals surface area contributed by atoms with Crippen molar-refractivity contribution in [1.82, 2.24) is 4.90 Å². The van der Waals surface area contributed by atoms with Crippen molar-refractivity contribution >= 4 is 0 Å². The van der Waals surface area contributed by atoms with Gasteiger partial charge in [-0.1, -0.05) is 6.92 Å². The third-order valence-electron chi connectivity index (χ3n) is 2.97. The molecule has 0 radical (unpaired) electrons. The normalized spacial score (nSPS) is 31.8. The minimum absolute atomic E-state index is 0.470. The lowest BCUT2D eigenvalue weighted by atomic mass is 10.0. The highest BCUT2D eigenvalue weighted by atomic mass is 16.5. The molecule has 0 spiro atoms. The van der Waals surface area contributed by atoms with E-state index in [4.69, 9.17) is 4.74 Å². The second kappa shape index (κ2) is 4.24. The Labute approximate surface area is 75.9 Å². The molecule has 2 nitrogen and oxygen atoms in total. The zero-order valence-electron chi connectivity index (χ0n) is 8.71. The molecule has 0 bridgehead atoms.